The molecule has 1 aromatic rings. The molecule has 1 amide bonds. The number of hydrogen-bond acceptors (Lipinski definition) is 2. The number of carbonyl (C=O) groups excluding carboxylic acids is 1. The van der Waals surface area contributed by atoms with Crippen molar-refractivity contribution in [3.8, 4) is 6.07 Å². The molecule has 3 nitrogen and oxygen atoms in total. The highest BCUT2D eigenvalue weighted by molar-refractivity contribution is 5.97. The van der Waals surface area contributed by atoms with Crippen LogP contribution in [0.15, 0.2) is 12.1 Å². The van der Waals surface area contributed by atoms with Gasteiger partial charge in [0, 0.05) is 5.69 Å². The molecular weight excluding hydrogens is 188 g/mol. The third-order valence-corrected chi connectivity index (χ3v) is 2.76. The summed E-state index contributed by atoms with van der Waals surface area (Å²) in [6.45, 7) is 4.01. The predicted octanol–water partition coefficient (Wildman–Crippen LogP) is 1.94. The lowest BCUT2D eigenvalue weighted by Crippen LogP contribution is -2.29. The molecule has 1 aliphatic rings. The van der Waals surface area contributed by atoms with Crippen molar-refractivity contribution in [3.05, 3.63) is 28.8 Å². The van der Waals surface area contributed by atoms with Gasteiger partial charge in [-0.2, -0.15) is 5.26 Å². The fraction of sp³-hybridized carbons (Fsp3) is 0.333. The largest absolute Gasteiger partial charge is 0.325 e. The second kappa shape index (κ2) is 3.39. The van der Waals surface area contributed by atoms with Gasteiger partial charge in [0.2, 0.25) is 5.91 Å². The molecule has 15 heavy (non-hydrogen) atoms. The molecule has 0 bridgehead atoms. The molecular formula is C12H12N2O. The molecule has 1 aromatic carbocycles. The normalized spacial score (nSPS) is 19.0. The second-order valence-corrected chi connectivity index (χ2v) is 3.98. The van der Waals surface area contributed by atoms with E-state index < -0.39 is 5.92 Å². The van der Waals surface area contributed by atoms with Crippen molar-refractivity contribution < 1.29 is 4.79 Å². The van der Waals surface area contributed by atoms with Crippen LogP contribution in [0.5, 0.6) is 0 Å². The van der Waals surface area contributed by atoms with Crippen LogP contribution < -0.4 is 5.32 Å². The Hall–Kier alpha value is -1.82. The molecule has 0 radical (unpaired) electrons. The Morgan fingerprint density at radius 1 is 1.47 bits per heavy atom. The van der Waals surface area contributed by atoms with E-state index in [1.165, 1.54) is 0 Å². The molecule has 76 valence electrons. The molecule has 1 unspecified atom stereocenters. The Morgan fingerprint density at radius 3 is 2.87 bits per heavy atom. The lowest BCUT2D eigenvalue weighted by atomic mass is 9.90. The Kier molecular flexibility index (Phi) is 2.20. The van der Waals surface area contributed by atoms with Crippen molar-refractivity contribution in [2.75, 3.05) is 5.32 Å². The minimum absolute atomic E-state index is 0.185. The maximum atomic E-state index is 11.5. The minimum Gasteiger partial charge on any atom is -0.325 e. The van der Waals surface area contributed by atoms with Crippen LogP contribution in [0, 0.1) is 31.1 Å². The van der Waals surface area contributed by atoms with Crippen LogP contribution in [0.2, 0.25) is 0 Å². The van der Waals surface area contributed by atoms with Crippen LogP contribution in [0.25, 0.3) is 0 Å². The van der Waals surface area contributed by atoms with Gasteiger partial charge in [-0.25, -0.2) is 0 Å². The van der Waals surface area contributed by atoms with Crippen LogP contribution in [-0.2, 0) is 11.2 Å². The number of fused-ring (bicyclic) bond motifs is 1. The Balaban J connectivity index is 2.50. The van der Waals surface area contributed by atoms with E-state index in [-0.39, 0.29) is 5.91 Å². The predicted molar refractivity (Wildman–Crippen MR) is 57.4 cm³/mol. The summed E-state index contributed by atoms with van der Waals surface area (Å²) in [6, 6.07) is 6.05. The van der Waals surface area contributed by atoms with E-state index >= 15 is 0 Å². The summed E-state index contributed by atoms with van der Waals surface area (Å²) in [4.78, 5) is 11.5. The Morgan fingerprint density at radius 2 is 2.20 bits per heavy atom. The lowest BCUT2D eigenvalue weighted by Gasteiger charge is -2.22. The van der Waals surface area contributed by atoms with Gasteiger partial charge in [-0.05, 0) is 43.0 Å². The van der Waals surface area contributed by atoms with Gasteiger partial charge >= 0.3 is 0 Å². The monoisotopic (exact) mass is 200 g/mol. The maximum Gasteiger partial charge on any atom is 0.242 e. The molecule has 0 spiro atoms. The molecule has 1 N–H and O–H groups in total. The molecule has 0 aromatic heterocycles. The first-order valence-corrected chi connectivity index (χ1v) is 4.92. The molecule has 1 atom stereocenters. The van der Waals surface area contributed by atoms with E-state index in [1.807, 2.05) is 26.0 Å². The van der Waals surface area contributed by atoms with E-state index in [0.717, 1.165) is 22.4 Å². The molecule has 3 heteroatoms. The standard InChI is InChI=1S/C12H12N2O/c1-7-3-8(2)10-5-9(6-13)12(15)14-11(10)4-7/h3-4,9H,5H2,1-2H3,(H,14,15). The fourth-order valence-corrected chi connectivity index (χ4v) is 2.00. The number of benzene rings is 1. The van der Waals surface area contributed by atoms with Crippen molar-refractivity contribution in [2.45, 2.75) is 20.3 Å². The number of nitrogens with one attached hydrogen (secondary N) is 1. The summed E-state index contributed by atoms with van der Waals surface area (Å²) in [5.74, 6) is -0.728. The summed E-state index contributed by atoms with van der Waals surface area (Å²) in [5.41, 5.74) is 4.22. The zero-order valence-electron chi connectivity index (χ0n) is 8.79. The number of nitrogens with zero attached hydrogens (tertiary/aromatic N) is 1. The molecule has 0 saturated heterocycles. The van der Waals surface area contributed by atoms with Gasteiger partial charge < -0.3 is 5.32 Å². The maximum absolute atomic E-state index is 11.5. The van der Waals surface area contributed by atoms with E-state index in [4.69, 9.17) is 5.26 Å². The molecule has 0 aliphatic carbocycles. The molecule has 0 saturated carbocycles. The zero-order chi connectivity index (χ0) is 11.0. The van der Waals surface area contributed by atoms with E-state index in [9.17, 15) is 4.79 Å². The van der Waals surface area contributed by atoms with Gasteiger partial charge in [0.15, 0.2) is 0 Å². The van der Waals surface area contributed by atoms with E-state index in [0.29, 0.717) is 6.42 Å². The van der Waals surface area contributed by atoms with Gasteiger partial charge in [0.05, 0.1) is 6.07 Å². The molecule has 0 fully saturated rings. The Bertz CT molecular complexity index is 471. The summed E-state index contributed by atoms with van der Waals surface area (Å²) in [5, 5.41) is 11.6. The van der Waals surface area contributed by atoms with Gasteiger partial charge in [-0.15, -0.1) is 0 Å². The van der Waals surface area contributed by atoms with Crippen LogP contribution in [-0.4, -0.2) is 5.91 Å². The third-order valence-electron chi connectivity index (χ3n) is 2.76. The van der Waals surface area contributed by atoms with Crippen molar-refractivity contribution in [2.24, 2.45) is 5.92 Å². The van der Waals surface area contributed by atoms with Crippen molar-refractivity contribution in [1.29, 1.82) is 5.26 Å². The first-order valence-electron chi connectivity index (χ1n) is 4.92. The first kappa shape index (κ1) is 9.72. The van der Waals surface area contributed by atoms with E-state index in [2.05, 4.69) is 11.4 Å². The van der Waals surface area contributed by atoms with Crippen LogP contribution >= 0.6 is 0 Å². The number of nitriles is 1. The van der Waals surface area contributed by atoms with Crippen molar-refractivity contribution in [3.63, 3.8) is 0 Å². The lowest BCUT2D eigenvalue weighted by molar-refractivity contribution is -0.118. The van der Waals surface area contributed by atoms with Gasteiger partial charge in [-0.3, -0.25) is 4.79 Å². The molecule has 1 aliphatic heterocycles. The fourth-order valence-electron chi connectivity index (χ4n) is 2.00. The van der Waals surface area contributed by atoms with Crippen LogP contribution in [0.4, 0.5) is 5.69 Å². The van der Waals surface area contributed by atoms with Gasteiger partial charge in [0.25, 0.3) is 0 Å². The minimum atomic E-state index is -0.543. The zero-order valence-corrected chi connectivity index (χ0v) is 8.79. The van der Waals surface area contributed by atoms with Crippen molar-refractivity contribution >= 4 is 11.6 Å². The highest BCUT2D eigenvalue weighted by atomic mass is 16.1. The topological polar surface area (TPSA) is 52.9 Å². The number of amides is 1. The smallest absolute Gasteiger partial charge is 0.242 e. The van der Waals surface area contributed by atoms with Crippen LogP contribution in [0.3, 0.4) is 0 Å². The van der Waals surface area contributed by atoms with Crippen LogP contribution in [0.1, 0.15) is 16.7 Å². The highest BCUT2D eigenvalue weighted by Crippen LogP contribution is 2.29. The number of aryl methyl sites for hydroxylation is 2. The summed E-state index contributed by atoms with van der Waals surface area (Å²) < 4.78 is 0. The number of anilines is 1. The average Bonchev–Trinajstić information content (AvgIpc) is 2.16. The van der Waals surface area contributed by atoms with Gasteiger partial charge in [-0.1, -0.05) is 6.07 Å². The highest BCUT2D eigenvalue weighted by Gasteiger charge is 2.26. The average molecular weight is 200 g/mol. The summed E-state index contributed by atoms with van der Waals surface area (Å²) >= 11 is 0. The number of carbonyl (C=O) groups is 1. The summed E-state index contributed by atoms with van der Waals surface area (Å²) in [7, 11) is 0. The third kappa shape index (κ3) is 1.59. The SMILES string of the molecule is Cc1cc(C)c2c(c1)NC(=O)C(C#N)C2. The summed E-state index contributed by atoms with van der Waals surface area (Å²) in [6.07, 6.45) is 0.532. The van der Waals surface area contributed by atoms with E-state index in [1.54, 1.807) is 0 Å². The quantitative estimate of drug-likeness (QED) is 0.695. The first-order chi connectivity index (χ1) is 7.11. The number of hydrogen-bond donors (Lipinski definition) is 1. The molecule has 2 rings (SSSR count). The van der Waals surface area contributed by atoms with Crippen molar-refractivity contribution in [1.82, 2.24) is 0 Å². The van der Waals surface area contributed by atoms with Gasteiger partial charge in [0.1, 0.15) is 5.92 Å². The second-order valence-electron chi connectivity index (χ2n) is 3.98. The molecule has 1 heterocycles. The Labute approximate surface area is 88.7 Å². The number of rotatable bonds is 0.